The molecule has 118 valence electrons. The molecular weight excluding hydrogens is 278 g/mol. The van der Waals surface area contributed by atoms with Crippen molar-refractivity contribution in [2.75, 3.05) is 13.1 Å². The average Bonchev–Trinajstić information content (AvgIpc) is 3.12. The maximum Gasteiger partial charge on any atom is 0.274 e. The van der Waals surface area contributed by atoms with E-state index in [9.17, 15) is 4.79 Å². The molecule has 1 aliphatic heterocycles. The van der Waals surface area contributed by atoms with E-state index in [-0.39, 0.29) is 5.91 Å². The maximum atomic E-state index is 12.7. The van der Waals surface area contributed by atoms with Gasteiger partial charge in [-0.05, 0) is 45.2 Å². The smallest absolute Gasteiger partial charge is 0.274 e. The summed E-state index contributed by atoms with van der Waals surface area (Å²) in [7, 11) is 0. The van der Waals surface area contributed by atoms with Crippen LogP contribution in [0.3, 0.4) is 0 Å². The lowest BCUT2D eigenvalue weighted by molar-refractivity contribution is 0.0698. The normalized spacial score (nSPS) is 18.7. The molecule has 1 saturated heterocycles. The van der Waals surface area contributed by atoms with Crippen LogP contribution in [0.5, 0.6) is 0 Å². The van der Waals surface area contributed by atoms with Crippen molar-refractivity contribution in [3.05, 3.63) is 34.9 Å². The van der Waals surface area contributed by atoms with Gasteiger partial charge in [-0.3, -0.25) is 14.6 Å². The molecule has 2 aromatic heterocycles. The number of aromatic nitrogens is 4. The summed E-state index contributed by atoms with van der Waals surface area (Å²) in [5.74, 6) is 0.381. The first-order chi connectivity index (χ1) is 10.6. The second-order valence-corrected chi connectivity index (χ2v) is 6.04. The van der Waals surface area contributed by atoms with E-state index in [0.29, 0.717) is 11.6 Å². The number of nitrogens with zero attached hydrogens (tertiary/aromatic N) is 4. The van der Waals surface area contributed by atoms with E-state index in [1.165, 1.54) is 5.56 Å². The predicted octanol–water partition coefficient (Wildman–Crippen LogP) is 2.26. The first-order valence-electron chi connectivity index (χ1n) is 7.93. The van der Waals surface area contributed by atoms with E-state index in [0.717, 1.165) is 43.9 Å². The van der Waals surface area contributed by atoms with Gasteiger partial charge in [0.2, 0.25) is 0 Å². The first kappa shape index (κ1) is 14.8. The van der Waals surface area contributed by atoms with Gasteiger partial charge < -0.3 is 4.90 Å². The molecule has 1 fully saturated rings. The van der Waals surface area contributed by atoms with Crippen molar-refractivity contribution >= 4 is 5.91 Å². The summed E-state index contributed by atoms with van der Waals surface area (Å²) in [6.07, 6.45) is 3.96. The molecule has 6 nitrogen and oxygen atoms in total. The minimum absolute atomic E-state index is 0.0390. The number of carbonyl (C=O) groups is 1. The molecule has 1 amide bonds. The highest BCUT2D eigenvalue weighted by molar-refractivity contribution is 5.92. The van der Waals surface area contributed by atoms with E-state index in [1.807, 2.05) is 35.7 Å². The van der Waals surface area contributed by atoms with Crippen LogP contribution in [0.25, 0.3) is 0 Å². The van der Waals surface area contributed by atoms with E-state index < -0.39 is 0 Å². The van der Waals surface area contributed by atoms with Gasteiger partial charge in [-0.25, -0.2) is 0 Å². The van der Waals surface area contributed by atoms with Crippen molar-refractivity contribution in [2.45, 2.75) is 46.1 Å². The van der Waals surface area contributed by atoms with Crippen molar-refractivity contribution in [1.82, 2.24) is 24.9 Å². The summed E-state index contributed by atoms with van der Waals surface area (Å²) in [5.41, 5.74) is 3.92. The fourth-order valence-corrected chi connectivity index (χ4v) is 3.26. The number of aryl methyl sites for hydroxylation is 3. The van der Waals surface area contributed by atoms with Crippen molar-refractivity contribution in [1.29, 1.82) is 0 Å². The number of nitrogens with one attached hydrogen (secondary N) is 1. The highest BCUT2D eigenvalue weighted by Gasteiger charge is 2.28. The summed E-state index contributed by atoms with van der Waals surface area (Å²) in [5, 5.41) is 11.6. The summed E-state index contributed by atoms with van der Waals surface area (Å²) >= 11 is 0. The topological polar surface area (TPSA) is 66.8 Å². The lowest BCUT2D eigenvalue weighted by atomic mass is 9.93. The van der Waals surface area contributed by atoms with E-state index >= 15 is 0 Å². The van der Waals surface area contributed by atoms with Gasteiger partial charge in [0.1, 0.15) is 0 Å². The van der Waals surface area contributed by atoms with Crippen LogP contribution in [0.4, 0.5) is 0 Å². The monoisotopic (exact) mass is 301 g/mol. The Morgan fingerprint density at radius 3 is 2.91 bits per heavy atom. The Morgan fingerprint density at radius 1 is 1.45 bits per heavy atom. The third kappa shape index (κ3) is 2.65. The third-order valence-electron chi connectivity index (χ3n) is 4.48. The van der Waals surface area contributed by atoms with Crippen LogP contribution in [-0.2, 0) is 6.54 Å². The van der Waals surface area contributed by atoms with Crippen LogP contribution in [0, 0.1) is 13.8 Å². The number of hydrogen-bond donors (Lipinski definition) is 1. The molecular formula is C16H23N5O. The molecule has 0 spiro atoms. The van der Waals surface area contributed by atoms with Gasteiger partial charge in [-0.1, -0.05) is 0 Å². The molecule has 22 heavy (non-hydrogen) atoms. The van der Waals surface area contributed by atoms with Crippen molar-refractivity contribution in [3.8, 4) is 0 Å². The summed E-state index contributed by atoms with van der Waals surface area (Å²) in [4.78, 5) is 14.6. The van der Waals surface area contributed by atoms with Crippen LogP contribution >= 0.6 is 0 Å². The minimum atomic E-state index is 0.0390. The molecule has 0 saturated carbocycles. The number of likely N-dealkylation sites (tertiary alicyclic amines) is 1. The predicted molar refractivity (Wildman–Crippen MR) is 83.8 cm³/mol. The van der Waals surface area contributed by atoms with Crippen molar-refractivity contribution < 1.29 is 4.79 Å². The summed E-state index contributed by atoms with van der Waals surface area (Å²) < 4.78 is 1.87. The van der Waals surface area contributed by atoms with E-state index in [1.54, 1.807) is 0 Å². The molecule has 0 aromatic carbocycles. The van der Waals surface area contributed by atoms with Crippen molar-refractivity contribution in [3.63, 3.8) is 0 Å². The molecule has 1 atom stereocenters. The summed E-state index contributed by atoms with van der Waals surface area (Å²) in [6, 6.07) is 1.89. The van der Waals surface area contributed by atoms with Gasteiger partial charge in [0.25, 0.3) is 5.91 Å². The number of aromatic amines is 1. The second-order valence-electron chi connectivity index (χ2n) is 6.04. The largest absolute Gasteiger partial charge is 0.337 e. The summed E-state index contributed by atoms with van der Waals surface area (Å²) in [6.45, 7) is 8.41. The van der Waals surface area contributed by atoms with Gasteiger partial charge in [-0.15, -0.1) is 0 Å². The minimum Gasteiger partial charge on any atom is -0.337 e. The molecule has 3 rings (SSSR count). The number of amides is 1. The Labute approximate surface area is 130 Å². The van der Waals surface area contributed by atoms with Gasteiger partial charge in [-0.2, -0.15) is 10.2 Å². The Kier molecular flexibility index (Phi) is 4.00. The number of hydrogen-bond acceptors (Lipinski definition) is 3. The van der Waals surface area contributed by atoms with Crippen molar-refractivity contribution in [2.24, 2.45) is 0 Å². The van der Waals surface area contributed by atoms with Gasteiger partial charge in [0.05, 0.1) is 6.20 Å². The molecule has 0 unspecified atom stereocenters. The highest BCUT2D eigenvalue weighted by atomic mass is 16.2. The molecule has 0 radical (unpaired) electrons. The molecule has 3 heterocycles. The fraction of sp³-hybridized carbons (Fsp3) is 0.562. The molecule has 2 aromatic rings. The van der Waals surface area contributed by atoms with E-state index in [4.69, 9.17) is 0 Å². The lowest BCUT2D eigenvalue weighted by Crippen LogP contribution is -2.39. The SMILES string of the molecule is CCn1nc(C(=O)N2CCC[C@H](c3[nH]ncc3C)C2)cc1C. The standard InChI is InChI=1S/C16H23N5O/c1-4-21-12(3)8-14(19-21)16(22)20-7-5-6-13(10-20)15-11(2)9-17-18-15/h8-9,13H,4-7,10H2,1-3H3,(H,17,18)/t13-/m0/s1. The number of H-pyrrole nitrogens is 1. The first-order valence-corrected chi connectivity index (χ1v) is 7.93. The second kappa shape index (κ2) is 5.94. The Balaban J connectivity index is 1.76. The third-order valence-corrected chi connectivity index (χ3v) is 4.48. The fourth-order valence-electron chi connectivity index (χ4n) is 3.26. The van der Waals surface area contributed by atoms with Crippen LogP contribution in [0.2, 0.25) is 0 Å². The molecule has 0 bridgehead atoms. The Bertz CT molecular complexity index is 672. The van der Waals surface area contributed by atoms with E-state index in [2.05, 4.69) is 22.2 Å². The molecule has 1 aliphatic rings. The molecule has 1 N–H and O–H groups in total. The lowest BCUT2D eigenvalue weighted by Gasteiger charge is -2.32. The zero-order valence-corrected chi connectivity index (χ0v) is 13.5. The van der Waals surface area contributed by atoms with Crippen LogP contribution in [-0.4, -0.2) is 43.9 Å². The van der Waals surface area contributed by atoms with Crippen LogP contribution in [0.1, 0.15) is 53.1 Å². The van der Waals surface area contributed by atoms with Gasteiger partial charge in [0, 0.05) is 36.9 Å². The number of rotatable bonds is 3. The Hall–Kier alpha value is -2.11. The van der Waals surface area contributed by atoms with Gasteiger partial charge in [0.15, 0.2) is 5.69 Å². The zero-order valence-electron chi connectivity index (χ0n) is 13.5. The maximum absolute atomic E-state index is 12.7. The van der Waals surface area contributed by atoms with Gasteiger partial charge >= 0.3 is 0 Å². The quantitative estimate of drug-likeness (QED) is 0.945. The molecule has 6 heteroatoms. The zero-order chi connectivity index (χ0) is 15.7. The Morgan fingerprint density at radius 2 is 2.27 bits per heavy atom. The van der Waals surface area contributed by atoms with Crippen LogP contribution < -0.4 is 0 Å². The number of carbonyl (C=O) groups excluding carboxylic acids is 1. The number of piperidine rings is 1. The van der Waals surface area contributed by atoms with Crippen LogP contribution in [0.15, 0.2) is 12.3 Å². The average molecular weight is 301 g/mol. The highest BCUT2D eigenvalue weighted by Crippen LogP contribution is 2.28. The molecule has 0 aliphatic carbocycles.